The van der Waals surface area contributed by atoms with E-state index in [-0.39, 0.29) is 5.17 Å². The lowest BCUT2D eigenvalue weighted by Crippen LogP contribution is -2.24. The number of amidine groups is 1. The van der Waals surface area contributed by atoms with Crippen molar-refractivity contribution in [2.24, 2.45) is 5.84 Å². The largest absolute Gasteiger partial charge is 0.304 e. The zero-order valence-corrected chi connectivity index (χ0v) is 5.64. The molecule has 0 aliphatic carbocycles. The minimum Gasteiger partial charge on any atom is -0.304 e. The third-order valence-corrected chi connectivity index (χ3v) is 0.266. The molecule has 0 rings (SSSR count). The third-order valence-electron chi connectivity index (χ3n) is 0.137. The van der Waals surface area contributed by atoms with Gasteiger partial charge in [0, 0.05) is 0 Å². The summed E-state index contributed by atoms with van der Waals surface area (Å²) in [5.74, 6) is 4.62. The quantitative estimate of drug-likeness (QED) is 0.0840. The number of nitrogens with one attached hydrogen (secondary N) is 3. The fourth-order valence-electron chi connectivity index (χ4n) is 0. The number of hydrogen-bond acceptors (Lipinski definition) is 4. The molecule has 5 N–H and O–H groups in total. The van der Waals surface area contributed by atoms with Gasteiger partial charge in [-0.1, -0.05) is 0 Å². The maximum absolute atomic E-state index is 6.37. The number of nitrogens with two attached hydrogens (primary N) is 1. The highest BCUT2D eigenvalue weighted by Gasteiger charge is 1.67. The van der Waals surface area contributed by atoms with E-state index < -0.39 is 0 Å². The molecule has 46 valence electrons. The molecule has 0 bridgehead atoms. The molecule has 0 saturated carbocycles. The molecular weight excluding hydrogens is 144 g/mol. The highest BCUT2D eigenvalue weighted by atomic mass is 32.1. The molecule has 6 heteroatoms. The maximum atomic E-state index is 6.37. The first-order chi connectivity index (χ1) is 3.68. The molecule has 0 amide bonds. The topological polar surface area (TPSA) is 85.8 Å². The summed E-state index contributed by atoms with van der Waals surface area (Å²) in [6, 6.07) is 0. The van der Waals surface area contributed by atoms with Crippen molar-refractivity contribution in [3.05, 3.63) is 0 Å². The van der Waals surface area contributed by atoms with Crippen molar-refractivity contribution in [2.75, 3.05) is 0 Å². The van der Waals surface area contributed by atoms with E-state index in [0.29, 0.717) is 0 Å². The molecule has 8 heavy (non-hydrogen) atoms. The Morgan fingerprint density at radius 2 is 2.00 bits per heavy atom. The van der Waals surface area contributed by atoms with Crippen LogP contribution in [-0.2, 0) is 0 Å². The van der Waals surface area contributed by atoms with Gasteiger partial charge in [0.05, 0.1) is 5.16 Å². The van der Waals surface area contributed by atoms with Crippen LogP contribution in [0.1, 0.15) is 0 Å². The summed E-state index contributed by atoms with van der Waals surface area (Å²) in [5, 5.41) is 13.7. The van der Waals surface area contributed by atoms with E-state index in [1.54, 1.807) is 5.16 Å². The highest BCUT2D eigenvalue weighted by molar-refractivity contribution is 7.96. The van der Waals surface area contributed by atoms with Crippen LogP contribution in [0.5, 0.6) is 0 Å². The van der Waals surface area contributed by atoms with Crippen LogP contribution in [0.15, 0.2) is 0 Å². The van der Waals surface area contributed by atoms with Crippen molar-refractivity contribution in [1.82, 2.24) is 5.43 Å². The van der Waals surface area contributed by atoms with Crippen molar-refractivity contribution < 1.29 is 0 Å². The number of rotatable bonds is 0. The molecule has 0 saturated heterocycles. The molecule has 0 aliphatic rings. The van der Waals surface area contributed by atoms with Gasteiger partial charge in [-0.2, -0.15) is 0 Å². The standard InChI is InChI=1S/CH5N3S.CHNS/c2-1(5)4-3;2-1-3/h3H2,(H3,2,4,5);2H. The average molecular weight is 150 g/mol. The Morgan fingerprint density at radius 1 is 1.88 bits per heavy atom. The van der Waals surface area contributed by atoms with Gasteiger partial charge in [0.1, 0.15) is 0 Å². The lowest BCUT2D eigenvalue weighted by atomic mass is 11.3. The number of thiocarbonyl (C=S) groups is 1. The Hall–Kier alpha value is -0.420. The molecular formula is C2H6N4S2. The normalized spacial score (nSPS) is 5.25. The second kappa shape index (κ2) is 9.77. The van der Waals surface area contributed by atoms with E-state index in [0.717, 1.165) is 0 Å². The van der Waals surface area contributed by atoms with Gasteiger partial charge in [-0.25, -0.2) is 11.3 Å². The number of hydrazine groups is 1. The van der Waals surface area contributed by atoms with Crippen molar-refractivity contribution in [3.63, 3.8) is 0 Å². The first kappa shape index (κ1) is 10.5. The second-order valence-corrected chi connectivity index (χ2v) is 1.25. The second-order valence-electron chi connectivity index (χ2n) is 0.595. The van der Waals surface area contributed by atoms with Crippen LogP contribution in [-0.4, -0.2) is 10.3 Å². The summed E-state index contributed by atoms with van der Waals surface area (Å²) in [7, 11) is 0. The minimum atomic E-state index is -0.0231. The van der Waals surface area contributed by atoms with E-state index in [1.165, 1.54) is 0 Å². The first-order valence-corrected chi connectivity index (χ1v) is 2.32. The van der Waals surface area contributed by atoms with Crippen LogP contribution in [0.25, 0.3) is 0 Å². The molecule has 4 nitrogen and oxygen atoms in total. The molecule has 0 aliphatic heterocycles. The molecule has 0 radical (unpaired) electrons. The lowest BCUT2D eigenvalue weighted by molar-refractivity contribution is 1.04. The van der Waals surface area contributed by atoms with Crippen LogP contribution in [0.4, 0.5) is 0 Å². The van der Waals surface area contributed by atoms with Crippen molar-refractivity contribution in [3.8, 4) is 0 Å². The van der Waals surface area contributed by atoms with Gasteiger partial charge in [0.2, 0.25) is 0 Å². The molecule has 0 unspecified atom stereocenters. The summed E-state index contributed by atoms with van der Waals surface area (Å²) in [6.07, 6.45) is 0. The summed E-state index contributed by atoms with van der Waals surface area (Å²) in [5.41, 5.74) is 1.98. The Bertz CT molecular complexity index is 94.2. The average Bonchev–Trinajstić information content (AvgIpc) is 1.69. The minimum absolute atomic E-state index is 0.0231. The van der Waals surface area contributed by atoms with E-state index in [1.807, 2.05) is 5.43 Å². The van der Waals surface area contributed by atoms with Gasteiger partial charge < -0.3 is 5.43 Å². The molecule has 0 fully saturated rings. The summed E-state index contributed by atoms with van der Waals surface area (Å²) >= 11 is 7.26. The van der Waals surface area contributed by atoms with E-state index in [4.69, 9.17) is 10.8 Å². The van der Waals surface area contributed by atoms with E-state index >= 15 is 0 Å². The maximum Gasteiger partial charge on any atom is 0.164 e. The van der Waals surface area contributed by atoms with Gasteiger partial charge in [-0.15, -0.1) is 12.6 Å². The van der Waals surface area contributed by atoms with Gasteiger partial charge in [0.25, 0.3) is 0 Å². The molecule has 0 atom stereocenters. The predicted octanol–water partition coefficient (Wildman–Crippen LogP) is -0.0178. The fraction of sp³-hybridized carbons (Fsp3) is 0. The number of thiol groups is 1. The summed E-state index contributed by atoms with van der Waals surface area (Å²) in [4.78, 5) is 0. The predicted molar refractivity (Wildman–Crippen MR) is 39.4 cm³/mol. The Kier molecular flexibility index (Phi) is 12.9. The zero-order valence-electron chi connectivity index (χ0n) is 3.93. The van der Waals surface area contributed by atoms with Crippen molar-refractivity contribution in [2.45, 2.75) is 0 Å². The first-order valence-electron chi connectivity index (χ1n) is 1.47. The monoisotopic (exact) mass is 150 g/mol. The Morgan fingerprint density at radius 3 is 2.00 bits per heavy atom. The van der Waals surface area contributed by atoms with Gasteiger partial charge in [-0.3, -0.25) is 5.41 Å². The fourth-order valence-corrected chi connectivity index (χ4v) is 0. The van der Waals surface area contributed by atoms with Crippen LogP contribution in [0.3, 0.4) is 0 Å². The van der Waals surface area contributed by atoms with Gasteiger partial charge in [-0.05, 0) is 12.2 Å². The van der Waals surface area contributed by atoms with Crippen molar-refractivity contribution in [1.29, 1.82) is 10.8 Å². The van der Waals surface area contributed by atoms with Crippen molar-refractivity contribution >= 4 is 35.2 Å². The van der Waals surface area contributed by atoms with Gasteiger partial charge >= 0.3 is 0 Å². The summed E-state index contributed by atoms with van der Waals surface area (Å²) in [6.45, 7) is 0. The van der Waals surface area contributed by atoms with E-state index in [2.05, 4.69) is 30.7 Å². The third kappa shape index (κ3) is 46.9. The molecule has 0 aromatic heterocycles. The smallest absolute Gasteiger partial charge is 0.164 e. The SMILES string of the molecule is N=C(S)NN.N=C=S. The molecule has 0 spiro atoms. The van der Waals surface area contributed by atoms with Crippen LogP contribution < -0.4 is 11.3 Å². The lowest BCUT2D eigenvalue weighted by Gasteiger charge is -1.84. The van der Waals surface area contributed by atoms with Crippen LogP contribution in [0.2, 0.25) is 0 Å². The molecule has 0 heterocycles. The van der Waals surface area contributed by atoms with Gasteiger partial charge in [0.15, 0.2) is 5.17 Å². The van der Waals surface area contributed by atoms with Crippen LogP contribution in [0, 0.1) is 10.8 Å². The van der Waals surface area contributed by atoms with E-state index in [9.17, 15) is 0 Å². The zero-order chi connectivity index (χ0) is 6.99. The van der Waals surface area contributed by atoms with Crippen LogP contribution >= 0.6 is 24.8 Å². The highest BCUT2D eigenvalue weighted by Crippen LogP contribution is 1.61. The summed E-state index contributed by atoms with van der Waals surface area (Å²) < 4.78 is 0. The Balaban J connectivity index is 0. The molecule has 0 aromatic carbocycles. The number of isothiocyanates is 1. The Labute approximate surface area is 57.9 Å². The molecule has 0 aromatic rings. The number of hydrogen-bond donors (Lipinski definition) is 5.